The molecule has 0 fully saturated rings. The molecule has 0 aliphatic carbocycles. The van der Waals surface area contributed by atoms with Crippen molar-refractivity contribution in [3.05, 3.63) is 59.7 Å². The molecule has 1 N–H and O–H groups in total. The SMILES string of the molecule is CCOc1ccc(NC(=O)C(CCS(C)(=O)=O)N2Cc3ccccc3C2=O)cc1. The van der Waals surface area contributed by atoms with E-state index in [1.807, 2.05) is 19.1 Å². The first kappa shape index (κ1) is 20.9. The van der Waals surface area contributed by atoms with Crippen molar-refractivity contribution in [1.29, 1.82) is 0 Å². The van der Waals surface area contributed by atoms with Crippen LogP contribution in [0.3, 0.4) is 0 Å². The molecule has 1 unspecified atom stereocenters. The van der Waals surface area contributed by atoms with E-state index in [9.17, 15) is 18.0 Å². The van der Waals surface area contributed by atoms with Gasteiger partial charge in [-0.2, -0.15) is 0 Å². The van der Waals surface area contributed by atoms with Crippen LogP contribution in [0.5, 0.6) is 5.75 Å². The van der Waals surface area contributed by atoms with Crippen LogP contribution in [-0.2, 0) is 21.2 Å². The van der Waals surface area contributed by atoms with E-state index in [-0.39, 0.29) is 24.6 Å². The summed E-state index contributed by atoms with van der Waals surface area (Å²) in [5.41, 5.74) is 1.92. The second kappa shape index (κ2) is 8.65. The summed E-state index contributed by atoms with van der Waals surface area (Å²) in [6.45, 7) is 2.70. The number of ether oxygens (including phenoxy) is 1. The maximum atomic E-state index is 13.0. The van der Waals surface area contributed by atoms with Crippen LogP contribution in [0, 0.1) is 0 Å². The van der Waals surface area contributed by atoms with Crippen LogP contribution < -0.4 is 10.1 Å². The van der Waals surface area contributed by atoms with Crippen LogP contribution in [0.2, 0.25) is 0 Å². The van der Waals surface area contributed by atoms with Crippen LogP contribution in [0.15, 0.2) is 48.5 Å². The van der Waals surface area contributed by atoms with Crippen LogP contribution >= 0.6 is 0 Å². The van der Waals surface area contributed by atoms with Gasteiger partial charge in [0.2, 0.25) is 5.91 Å². The number of benzene rings is 2. The lowest BCUT2D eigenvalue weighted by Crippen LogP contribution is -2.45. The highest BCUT2D eigenvalue weighted by Crippen LogP contribution is 2.26. The number of sulfone groups is 1. The highest BCUT2D eigenvalue weighted by atomic mass is 32.2. The third-order valence-corrected chi connectivity index (χ3v) is 5.70. The van der Waals surface area contributed by atoms with Crippen LogP contribution in [0.1, 0.15) is 29.3 Å². The zero-order valence-corrected chi connectivity index (χ0v) is 17.2. The average molecular weight is 416 g/mol. The average Bonchev–Trinajstić information content (AvgIpc) is 3.00. The minimum Gasteiger partial charge on any atom is -0.494 e. The van der Waals surface area contributed by atoms with Crippen LogP contribution in [0.4, 0.5) is 5.69 Å². The number of carbonyl (C=O) groups excluding carboxylic acids is 2. The van der Waals surface area contributed by atoms with Crippen LogP contribution in [-0.4, -0.2) is 49.8 Å². The van der Waals surface area contributed by atoms with E-state index in [1.165, 1.54) is 4.90 Å². The van der Waals surface area contributed by atoms with Gasteiger partial charge in [0.15, 0.2) is 0 Å². The van der Waals surface area contributed by atoms with Crippen molar-refractivity contribution in [1.82, 2.24) is 4.90 Å². The number of hydrogen-bond acceptors (Lipinski definition) is 5. The van der Waals surface area contributed by atoms with Crippen molar-refractivity contribution < 1.29 is 22.7 Å². The van der Waals surface area contributed by atoms with Crippen molar-refractivity contribution in [2.75, 3.05) is 23.9 Å². The molecule has 1 atom stereocenters. The normalized spacial score (nSPS) is 14.4. The molecule has 29 heavy (non-hydrogen) atoms. The molecule has 0 saturated carbocycles. The maximum absolute atomic E-state index is 13.0. The van der Waals surface area contributed by atoms with E-state index in [0.29, 0.717) is 23.6 Å². The molecule has 8 heteroatoms. The van der Waals surface area contributed by atoms with Crippen molar-refractivity contribution >= 4 is 27.3 Å². The van der Waals surface area contributed by atoms with Gasteiger partial charge in [-0.05, 0) is 49.2 Å². The first-order valence-electron chi connectivity index (χ1n) is 9.39. The Kier molecular flexibility index (Phi) is 6.22. The van der Waals surface area contributed by atoms with Crippen molar-refractivity contribution in [2.24, 2.45) is 0 Å². The molecule has 2 aromatic carbocycles. The van der Waals surface area contributed by atoms with Crippen LogP contribution in [0.25, 0.3) is 0 Å². The van der Waals surface area contributed by atoms with Crippen molar-refractivity contribution in [2.45, 2.75) is 25.9 Å². The molecule has 1 heterocycles. The molecule has 3 rings (SSSR count). The minimum absolute atomic E-state index is 0.0292. The first-order valence-corrected chi connectivity index (χ1v) is 11.4. The fourth-order valence-corrected chi connectivity index (χ4v) is 3.96. The summed E-state index contributed by atoms with van der Waals surface area (Å²) >= 11 is 0. The summed E-state index contributed by atoms with van der Waals surface area (Å²) in [4.78, 5) is 27.3. The zero-order chi connectivity index (χ0) is 21.0. The molecule has 154 valence electrons. The van der Waals surface area contributed by atoms with Gasteiger partial charge in [-0.1, -0.05) is 18.2 Å². The quantitative estimate of drug-likeness (QED) is 0.714. The third-order valence-electron chi connectivity index (χ3n) is 4.72. The smallest absolute Gasteiger partial charge is 0.255 e. The van der Waals surface area contributed by atoms with E-state index in [4.69, 9.17) is 4.74 Å². The molecule has 2 amide bonds. The van der Waals surface area contributed by atoms with Gasteiger partial charge in [0.25, 0.3) is 5.91 Å². The van der Waals surface area contributed by atoms with Gasteiger partial charge in [0.1, 0.15) is 21.6 Å². The fraction of sp³-hybridized carbons (Fsp3) is 0.333. The Hall–Kier alpha value is -2.87. The molecular formula is C21H24N2O5S. The van der Waals surface area contributed by atoms with Gasteiger partial charge < -0.3 is 15.0 Å². The van der Waals surface area contributed by atoms with Crippen molar-refractivity contribution in [3.63, 3.8) is 0 Å². The highest BCUT2D eigenvalue weighted by Gasteiger charge is 2.36. The van der Waals surface area contributed by atoms with Crippen molar-refractivity contribution in [3.8, 4) is 5.75 Å². The summed E-state index contributed by atoms with van der Waals surface area (Å²) in [7, 11) is -3.29. The maximum Gasteiger partial charge on any atom is 0.255 e. The topological polar surface area (TPSA) is 92.8 Å². The Morgan fingerprint density at radius 2 is 1.86 bits per heavy atom. The lowest BCUT2D eigenvalue weighted by Gasteiger charge is -2.26. The fourth-order valence-electron chi connectivity index (χ4n) is 3.31. The highest BCUT2D eigenvalue weighted by molar-refractivity contribution is 7.90. The number of carbonyl (C=O) groups is 2. The molecule has 0 radical (unpaired) electrons. The Balaban J connectivity index is 1.80. The summed E-state index contributed by atoms with van der Waals surface area (Å²) in [6.07, 6.45) is 1.15. The number of rotatable bonds is 8. The van der Waals surface area contributed by atoms with Gasteiger partial charge in [-0.25, -0.2) is 8.42 Å². The van der Waals surface area contributed by atoms with Gasteiger partial charge in [0, 0.05) is 24.1 Å². The Bertz CT molecular complexity index is 1000. The molecule has 7 nitrogen and oxygen atoms in total. The molecule has 2 aromatic rings. The zero-order valence-electron chi connectivity index (χ0n) is 16.4. The molecule has 0 saturated heterocycles. The number of hydrogen-bond donors (Lipinski definition) is 1. The Labute approximate surface area is 170 Å². The summed E-state index contributed by atoms with van der Waals surface area (Å²) in [5.74, 6) is -0.182. The number of nitrogens with one attached hydrogen (secondary N) is 1. The predicted molar refractivity (Wildman–Crippen MR) is 111 cm³/mol. The number of anilines is 1. The number of amides is 2. The lowest BCUT2D eigenvalue weighted by atomic mass is 10.1. The molecule has 0 bridgehead atoms. The third kappa shape index (κ3) is 5.14. The lowest BCUT2D eigenvalue weighted by molar-refractivity contribution is -0.120. The predicted octanol–water partition coefficient (Wildman–Crippen LogP) is 2.48. The van der Waals surface area contributed by atoms with E-state index < -0.39 is 21.8 Å². The molecule has 1 aliphatic rings. The summed E-state index contributed by atoms with van der Waals surface area (Å²) < 4.78 is 28.8. The molecular weight excluding hydrogens is 392 g/mol. The van der Waals surface area contributed by atoms with Gasteiger partial charge in [-0.3, -0.25) is 9.59 Å². The molecule has 0 spiro atoms. The molecule has 0 aromatic heterocycles. The summed E-state index contributed by atoms with van der Waals surface area (Å²) in [6, 6.07) is 13.2. The van der Waals surface area contributed by atoms with E-state index in [2.05, 4.69) is 5.32 Å². The number of nitrogens with zero attached hydrogens (tertiary/aromatic N) is 1. The van der Waals surface area contributed by atoms with Gasteiger partial charge in [-0.15, -0.1) is 0 Å². The monoisotopic (exact) mass is 416 g/mol. The molecule has 1 aliphatic heterocycles. The second-order valence-corrected chi connectivity index (χ2v) is 9.23. The Morgan fingerprint density at radius 1 is 1.17 bits per heavy atom. The first-order chi connectivity index (χ1) is 13.8. The minimum atomic E-state index is -3.29. The van der Waals surface area contributed by atoms with E-state index >= 15 is 0 Å². The van der Waals surface area contributed by atoms with Gasteiger partial charge >= 0.3 is 0 Å². The van der Waals surface area contributed by atoms with E-state index in [1.54, 1.807) is 36.4 Å². The summed E-state index contributed by atoms with van der Waals surface area (Å²) in [5, 5.41) is 2.79. The Morgan fingerprint density at radius 3 is 2.48 bits per heavy atom. The van der Waals surface area contributed by atoms with E-state index in [0.717, 1.165) is 11.8 Å². The largest absolute Gasteiger partial charge is 0.494 e. The standard InChI is InChI=1S/C21H24N2O5S/c1-3-28-17-10-8-16(9-11-17)22-20(24)19(12-13-29(2,26)27)23-14-15-6-4-5-7-18(15)21(23)25/h4-11,19H,3,12-14H2,1-2H3,(H,22,24). The second-order valence-electron chi connectivity index (χ2n) is 6.97. The van der Waals surface area contributed by atoms with Gasteiger partial charge in [0.05, 0.1) is 12.4 Å². The number of fused-ring (bicyclic) bond motifs is 1.